The molecule has 0 unspecified atom stereocenters. The third-order valence-corrected chi connectivity index (χ3v) is 5.82. The Morgan fingerprint density at radius 3 is 2.58 bits per heavy atom. The average Bonchev–Trinajstić information content (AvgIpc) is 3.20. The molecular formula is C23H24N2O5S. The van der Waals surface area contributed by atoms with Gasteiger partial charge in [-0.3, -0.25) is 9.59 Å². The summed E-state index contributed by atoms with van der Waals surface area (Å²) in [7, 11) is -3.82. The normalized spacial score (nSPS) is 11.8. The molecule has 3 aromatic rings. The highest BCUT2D eigenvalue weighted by Gasteiger charge is 2.16. The van der Waals surface area contributed by atoms with Crippen LogP contribution >= 0.6 is 0 Å². The van der Waals surface area contributed by atoms with E-state index in [1.165, 1.54) is 6.08 Å². The number of fused-ring (bicyclic) bond motifs is 1. The maximum Gasteiger partial charge on any atom is 0.321 e. The Hall–Kier alpha value is -3.23. The molecule has 31 heavy (non-hydrogen) atoms. The van der Waals surface area contributed by atoms with Crippen molar-refractivity contribution in [2.24, 2.45) is 0 Å². The topological polar surface area (TPSA) is 105 Å². The third kappa shape index (κ3) is 5.90. The number of H-pyrrole nitrogens is 1. The number of nitrogens with one attached hydrogen (secondary N) is 2. The minimum atomic E-state index is -3.82. The van der Waals surface area contributed by atoms with Crippen LogP contribution in [0.2, 0.25) is 0 Å². The molecule has 162 valence electrons. The highest BCUT2D eigenvalue weighted by Crippen LogP contribution is 2.22. The molecule has 1 aromatic heterocycles. The third-order valence-electron chi connectivity index (χ3n) is 4.78. The predicted octanol–water partition coefficient (Wildman–Crippen LogP) is 3.35. The molecule has 0 bridgehead atoms. The Morgan fingerprint density at radius 2 is 1.87 bits per heavy atom. The number of hydrogen-bond donors (Lipinski definition) is 2. The van der Waals surface area contributed by atoms with Crippen LogP contribution in [-0.4, -0.2) is 38.3 Å². The summed E-state index contributed by atoms with van der Waals surface area (Å²) < 4.78 is 31.1. The van der Waals surface area contributed by atoms with Gasteiger partial charge in [-0.25, -0.2) is 13.1 Å². The van der Waals surface area contributed by atoms with Crippen molar-refractivity contribution < 1.29 is 22.7 Å². The van der Waals surface area contributed by atoms with E-state index >= 15 is 0 Å². The zero-order valence-corrected chi connectivity index (χ0v) is 18.2. The van der Waals surface area contributed by atoms with Crippen molar-refractivity contribution in [1.29, 1.82) is 0 Å². The number of aromatic nitrogens is 1. The van der Waals surface area contributed by atoms with Crippen molar-refractivity contribution in [2.75, 3.05) is 13.2 Å². The van der Waals surface area contributed by atoms with E-state index < -0.39 is 29.1 Å². The van der Waals surface area contributed by atoms with Crippen LogP contribution < -0.4 is 4.72 Å². The van der Waals surface area contributed by atoms with E-state index in [0.717, 1.165) is 33.9 Å². The van der Waals surface area contributed by atoms with E-state index in [-0.39, 0.29) is 5.78 Å². The molecule has 0 radical (unpaired) electrons. The molecular weight excluding hydrogens is 416 g/mol. The Balaban J connectivity index is 1.53. The number of hydrogen-bond acceptors (Lipinski definition) is 5. The first-order valence-corrected chi connectivity index (χ1v) is 11.4. The van der Waals surface area contributed by atoms with Crippen LogP contribution in [0.3, 0.4) is 0 Å². The van der Waals surface area contributed by atoms with Crippen molar-refractivity contribution in [3.63, 3.8) is 0 Å². The fraction of sp³-hybridized carbons (Fsp3) is 0.217. The molecule has 2 N–H and O–H groups in total. The van der Waals surface area contributed by atoms with Gasteiger partial charge >= 0.3 is 5.97 Å². The van der Waals surface area contributed by atoms with Crippen molar-refractivity contribution in [3.8, 4) is 0 Å². The highest BCUT2D eigenvalue weighted by molar-refractivity contribution is 7.92. The van der Waals surface area contributed by atoms with Gasteiger partial charge in [0, 0.05) is 28.1 Å². The Morgan fingerprint density at radius 1 is 1.13 bits per heavy atom. The molecule has 0 saturated carbocycles. The standard InChI is InChI=1S/C23H24N2O5S/c1-3-18-5-4-6-19-20(13-24-23(18)19)21(26)15-30-22(27)14-25-31(28,29)12-11-17-9-7-16(2)8-10-17/h4-13,24-25H,3,14-15H2,1-2H3/b12-11+. The summed E-state index contributed by atoms with van der Waals surface area (Å²) >= 11 is 0. The summed E-state index contributed by atoms with van der Waals surface area (Å²) in [4.78, 5) is 27.5. The number of ether oxygens (including phenoxy) is 1. The van der Waals surface area contributed by atoms with E-state index in [1.807, 2.05) is 44.2 Å². The number of rotatable bonds is 9. The van der Waals surface area contributed by atoms with Gasteiger partial charge in [0.15, 0.2) is 6.61 Å². The largest absolute Gasteiger partial charge is 0.456 e. The van der Waals surface area contributed by atoms with Gasteiger partial charge in [0.2, 0.25) is 15.8 Å². The molecule has 0 aliphatic heterocycles. The second-order valence-electron chi connectivity index (χ2n) is 7.06. The number of benzene rings is 2. The van der Waals surface area contributed by atoms with Gasteiger partial charge < -0.3 is 9.72 Å². The molecule has 3 rings (SSSR count). The van der Waals surface area contributed by atoms with Crippen molar-refractivity contribution in [1.82, 2.24) is 9.71 Å². The van der Waals surface area contributed by atoms with Crippen LogP contribution in [0.15, 0.2) is 54.1 Å². The number of Topliss-reactive ketones (excluding diaryl/α,β-unsaturated/α-hetero) is 1. The van der Waals surface area contributed by atoms with Gasteiger partial charge in [-0.05, 0) is 30.5 Å². The lowest BCUT2D eigenvalue weighted by molar-refractivity contribution is -0.141. The predicted molar refractivity (Wildman–Crippen MR) is 120 cm³/mol. The fourth-order valence-corrected chi connectivity index (χ4v) is 3.82. The summed E-state index contributed by atoms with van der Waals surface area (Å²) in [5.74, 6) is -1.20. The molecule has 8 heteroatoms. The molecule has 0 spiro atoms. The van der Waals surface area contributed by atoms with Crippen LogP contribution in [0, 0.1) is 6.92 Å². The van der Waals surface area contributed by atoms with Gasteiger partial charge in [0.25, 0.3) is 0 Å². The van der Waals surface area contributed by atoms with Crippen LogP contribution in [-0.2, 0) is 26.0 Å². The molecule has 1 heterocycles. The molecule has 0 saturated heterocycles. The van der Waals surface area contributed by atoms with Crippen molar-refractivity contribution >= 4 is 38.8 Å². The minimum Gasteiger partial charge on any atom is -0.456 e. The first-order chi connectivity index (χ1) is 14.8. The fourth-order valence-electron chi connectivity index (χ4n) is 3.07. The molecule has 0 atom stereocenters. The maximum absolute atomic E-state index is 12.5. The zero-order chi connectivity index (χ0) is 22.4. The zero-order valence-electron chi connectivity index (χ0n) is 17.3. The molecule has 0 fully saturated rings. The number of esters is 1. The van der Waals surface area contributed by atoms with Gasteiger partial charge in [-0.2, -0.15) is 0 Å². The summed E-state index contributed by atoms with van der Waals surface area (Å²) in [6, 6.07) is 13.0. The number of para-hydroxylation sites is 1. The summed E-state index contributed by atoms with van der Waals surface area (Å²) in [6.45, 7) is 2.92. The minimum absolute atomic E-state index is 0.366. The smallest absolute Gasteiger partial charge is 0.321 e. The summed E-state index contributed by atoms with van der Waals surface area (Å²) in [5.41, 5.74) is 4.18. The Labute approximate surface area is 181 Å². The second-order valence-corrected chi connectivity index (χ2v) is 8.71. The first-order valence-electron chi connectivity index (χ1n) is 9.81. The SMILES string of the molecule is CCc1cccc2c(C(=O)COC(=O)CNS(=O)(=O)/C=C/c3ccc(C)cc3)c[nH]c12. The van der Waals surface area contributed by atoms with E-state index in [1.54, 1.807) is 18.3 Å². The molecule has 2 aromatic carbocycles. The first kappa shape index (κ1) is 22.5. The van der Waals surface area contributed by atoms with Crippen LogP contribution in [0.25, 0.3) is 17.0 Å². The van der Waals surface area contributed by atoms with Gasteiger partial charge in [0.1, 0.15) is 6.54 Å². The number of aromatic amines is 1. The number of ketones is 1. The number of sulfonamides is 1. The number of carbonyl (C=O) groups is 2. The average molecular weight is 441 g/mol. The van der Waals surface area contributed by atoms with Gasteiger partial charge in [0.05, 0.1) is 0 Å². The van der Waals surface area contributed by atoms with E-state index in [0.29, 0.717) is 11.1 Å². The quantitative estimate of drug-likeness (QED) is 0.392. The number of aryl methyl sites for hydroxylation is 2. The Kier molecular flexibility index (Phi) is 7.04. The van der Waals surface area contributed by atoms with Crippen LogP contribution in [0.5, 0.6) is 0 Å². The lowest BCUT2D eigenvalue weighted by Crippen LogP contribution is -2.30. The lowest BCUT2D eigenvalue weighted by Gasteiger charge is -2.05. The molecule has 0 aliphatic carbocycles. The summed E-state index contributed by atoms with van der Waals surface area (Å²) in [6.07, 6.45) is 3.84. The monoisotopic (exact) mass is 440 g/mol. The second kappa shape index (κ2) is 9.72. The maximum atomic E-state index is 12.5. The van der Waals surface area contributed by atoms with Crippen molar-refractivity contribution in [2.45, 2.75) is 20.3 Å². The van der Waals surface area contributed by atoms with E-state index in [4.69, 9.17) is 4.74 Å². The lowest BCUT2D eigenvalue weighted by atomic mass is 10.1. The van der Waals surface area contributed by atoms with Crippen molar-refractivity contribution in [3.05, 3.63) is 76.3 Å². The molecule has 0 amide bonds. The molecule has 7 nitrogen and oxygen atoms in total. The van der Waals surface area contributed by atoms with Gasteiger partial charge in [-0.1, -0.05) is 55.0 Å². The number of carbonyl (C=O) groups excluding carboxylic acids is 2. The highest BCUT2D eigenvalue weighted by atomic mass is 32.2. The molecule has 0 aliphatic rings. The van der Waals surface area contributed by atoms with Gasteiger partial charge in [-0.15, -0.1) is 0 Å². The van der Waals surface area contributed by atoms with E-state index in [9.17, 15) is 18.0 Å². The van der Waals surface area contributed by atoms with Crippen LogP contribution in [0.4, 0.5) is 0 Å². The van der Waals surface area contributed by atoms with Crippen LogP contribution in [0.1, 0.15) is 34.0 Å². The Bertz CT molecular complexity index is 1220. The summed E-state index contributed by atoms with van der Waals surface area (Å²) in [5, 5.41) is 1.75. The van der Waals surface area contributed by atoms with E-state index in [2.05, 4.69) is 9.71 Å².